The van der Waals surface area contributed by atoms with Gasteiger partial charge in [-0.1, -0.05) is 6.92 Å². The molecular weight excluding hydrogens is 262 g/mol. The summed E-state index contributed by atoms with van der Waals surface area (Å²) in [6, 6.07) is -0.157. The maximum Gasteiger partial charge on any atom is 0.320 e. The molecule has 3 amide bonds. The van der Waals surface area contributed by atoms with Crippen LogP contribution >= 0.6 is 0 Å². The highest BCUT2D eigenvalue weighted by atomic mass is 16.4. The molecular formula is C13H21N3O4. The molecule has 0 unspecified atom stereocenters. The number of amides is 3. The van der Waals surface area contributed by atoms with E-state index in [1.807, 2.05) is 6.92 Å². The molecule has 0 spiro atoms. The number of carboxylic acid groups (broad SMARTS) is 1. The lowest BCUT2D eigenvalue weighted by Gasteiger charge is -2.40. The van der Waals surface area contributed by atoms with Crippen LogP contribution in [0.15, 0.2) is 0 Å². The van der Waals surface area contributed by atoms with Crippen LogP contribution in [-0.2, 0) is 9.59 Å². The molecule has 2 N–H and O–H groups in total. The van der Waals surface area contributed by atoms with Crippen molar-refractivity contribution in [2.45, 2.75) is 26.2 Å². The van der Waals surface area contributed by atoms with Crippen molar-refractivity contribution in [1.82, 2.24) is 15.1 Å². The standard InChI is InChI=1S/C13H21N3O4/c1-2-13(11(18)19)3-6-15(7-4-13)12(20)16-8-5-14-10(17)9-16/h2-9H2,1H3,(H,14,17)(H,18,19). The molecule has 0 aromatic rings. The summed E-state index contributed by atoms with van der Waals surface area (Å²) < 4.78 is 0. The predicted octanol–water partition coefficient (Wildman–Crippen LogP) is 0.115. The number of nitrogens with one attached hydrogen (secondary N) is 1. The van der Waals surface area contributed by atoms with Gasteiger partial charge < -0.3 is 20.2 Å². The highest BCUT2D eigenvalue weighted by Gasteiger charge is 2.41. The zero-order chi connectivity index (χ0) is 14.8. The number of carboxylic acids is 1. The van der Waals surface area contributed by atoms with Crippen LogP contribution in [-0.4, -0.2) is 65.5 Å². The smallest absolute Gasteiger partial charge is 0.320 e. The van der Waals surface area contributed by atoms with E-state index in [0.717, 1.165) is 0 Å². The van der Waals surface area contributed by atoms with E-state index in [1.54, 1.807) is 4.90 Å². The average Bonchev–Trinajstić information content (AvgIpc) is 2.46. The number of piperidine rings is 1. The van der Waals surface area contributed by atoms with Gasteiger partial charge in [0.1, 0.15) is 6.54 Å². The number of piperazine rings is 1. The Morgan fingerprint density at radius 3 is 2.40 bits per heavy atom. The van der Waals surface area contributed by atoms with Gasteiger partial charge >= 0.3 is 12.0 Å². The fourth-order valence-electron chi connectivity index (χ4n) is 2.85. The highest BCUT2D eigenvalue weighted by Crippen LogP contribution is 2.35. The molecule has 0 saturated carbocycles. The van der Waals surface area contributed by atoms with Crippen molar-refractivity contribution in [1.29, 1.82) is 0 Å². The van der Waals surface area contributed by atoms with Crippen LogP contribution in [0.25, 0.3) is 0 Å². The molecule has 2 heterocycles. The summed E-state index contributed by atoms with van der Waals surface area (Å²) in [4.78, 5) is 38.1. The van der Waals surface area contributed by atoms with Crippen molar-refractivity contribution < 1.29 is 19.5 Å². The van der Waals surface area contributed by atoms with E-state index >= 15 is 0 Å². The number of hydrogen-bond acceptors (Lipinski definition) is 3. The average molecular weight is 283 g/mol. The minimum absolute atomic E-state index is 0.0905. The second-order valence-electron chi connectivity index (χ2n) is 5.48. The van der Waals surface area contributed by atoms with Gasteiger partial charge in [-0.05, 0) is 19.3 Å². The fraction of sp³-hybridized carbons (Fsp3) is 0.769. The first-order chi connectivity index (χ1) is 9.48. The van der Waals surface area contributed by atoms with Crippen LogP contribution < -0.4 is 5.32 Å². The van der Waals surface area contributed by atoms with E-state index < -0.39 is 11.4 Å². The van der Waals surface area contributed by atoms with Crippen LogP contribution in [0.4, 0.5) is 4.79 Å². The van der Waals surface area contributed by atoms with Gasteiger partial charge in [0.25, 0.3) is 0 Å². The first kappa shape index (κ1) is 14.6. The molecule has 2 aliphatic rings. The third-order valence-corrected chi connectivity index (χ3v) is 4.43. The Labute approximate surface area is 117 Å². The number of carbonyl (C=O) groups excluding carboxylic acids is 2. The Bertz CT molecular complexity index is 416. The third kappa shape index (κ3) is 2.71. The molecule has 2 rings (SSSR count). The molecule has 20 heavy (non-hydrogen) atoms. The molecule has 0 aromatic carbocycles. The molecule has 0 atom stereocenters. The van der Waals surface area contributed by atoms with Crippen LogP contribution in [0.5, 0.6) is 0 Å². The minimum atomic E-state index is -0.774. The molecule has 7 nitrogen and oxygen atoms in total. The Morgan fingerprint density at radius 1 is 1.25 bits per heavy atom. The summed E-state index contributed by atoms with van der Waals surface area (Å²) in [6.45, 7) is 3.84. The third-order valence-electron chi connectivity index (χ3n) is 4.43. The van der Waals surface area contributed by atoms with Crippen LogP contribution in [0.3, 0.4) is 0 Å². The Morgan fingerprint density at radius 2 is 1.90 bits per heavy atom. The highest BCUT2D eigenvalue weighted by molar-refractivity contribution is 5.85. The summed E-state index contributed by atoms with van der Waals surface area (Å²) in [5.41, 5.74) is -0.698. The van der Waals surface area contributed by atoms with Crippen LogP contribution in [0.1, 0.15) is 26.2 Å². The van der Waals surface area contributed by atoms with E-state index in [4.69, 9.17) is 0 Å². The van der Waals surface area contributed by atoms with E-state index in [9.17, 15) is 19.5 Å². The van der Waals surface area contributed by atoms with Crippen molar-refractivity contribution in [2.24, 2.45) is 5.41 Å². The second kappa shape index (κ2) is 5.68. The van der Waals surface area contributed by atoms with Crippen molar-refractivity contribution in [3.05, 3.63) is 0 Å². The largest absolute Gasteiger partial charge is 0.481 e. The van der Waals surface area contributed by atoms with Gasteiger partial charge in [-0.15, -0.1) is 0 Å². The molecule has 0 aromatic heterocycles. The van der Waals surface area contributed by atoms with Gasteiger partial charge in [0.2, 0.25) is 5.91 Å². The van der Waals surface area contributed by atoms with Gasteiger partial charge in [-0.3, -0.25) is 9.59 Å². The lowest BCUT2D eigenvalue weighted by atomic mass is 9.76. The van der Waals surface area contributed by atoms with Crippen molar-refractivity contribution in [3.8, 4) is 0 Å². The van der Waals surface area contributed by atoms with Gasteiger partial charge in [-0.25, -0.2) is 4.79 Å². The maximum atomic E-state index is 12.3. The number of nitrogens with zero attached hydrogens (tertiary/aromatic N) is 2. The Kier molecular flexibility index (Phi) is 4.15. The normalized spacial score (nSPS) is 22.4. The molecule has 0 aliphatic carbocycles. The molecule has 2 fully saturated rings. The van der Waals surface area contributed by atoms with E-state index in [-0.39, 0.29) is 18.5 Å². The van der Waals surface area contributed by atoms with Crippen molar-refractivity contribution in [3.63, 3.8) is 0 Å². The molecule has 2 saturated heterocycles. The first-order valence-corrected chi connectivity index (χ1v) is 7.02. The Balaban J connectivity index is 1.94. The molecule has 0 bridgehead atoms. The van der Waals surface area contributed by atoms with Crippen LogP contribution in [0, 0.1) is 5.41 Å². The van der Waals surface area contributed by atoms with Gasteiger partial charge in [0.05, 0.1) is 5.41 Å². The second-order valence-corrected chi connectivity index (χ2v) is 5.48. The summed E-state index contributed by atoms with van der Waals surface area (Å²) in [5, 5.41) is 12.0. The predicted molar refractivity (Wildman–Crippen MR) is 71.1 cm³/mol. The topological polar surface area (TPSA) is 89.9 Å². The number of urea groups is 1. The summed E-state index contributed by atoms with van der Waals surface area (Å²) in [6.07, 6.45) is 1.53. The summed E-state index contributed by atoms with van der Waals surface area (Å²) in [5.74, 6) is -0.917. The molecule has 0 radical (unpaired) electrons. The van der Waals surface area contributed by atoms with Crippen molar-refractivity contribution in [2.75, 3.05) is 32.7 Å². The summed E-state index contributed by atoms with van der Waals surface area (Å²) >= 11 is 0. The summed E-state index contributed by atoms with van der Waals surface area (Å²) in [7, 11) is 0. The van der Waals surface area contributed by atoms with E-state index in [2.05, 4.69) is 5.32 Å². The van der Waals surface area contributed by atoms with Gasteiger partial charge in [0, 0.05) is 26.2 Å². The number of hydrogen-bond donors (Lipinski definition) is 2. The molecule has 2 aliphatic heterocycles. The minimum Gasteiger partial charge on any atom is -0.481 e. The van der Waals surface area contributed by atoms with Crippen molar-refractivity contribution >= 4 is 17.9 Å². The quantitative estimate of drug-likeness (QED) is 0.753. The lowest BCUT2D eigenvalue weighted by Crippen LogP contribution is -2.56. The van der Waals surface area contributed by atoms with Crippen LogP contribution in [0.2, 0.25) is 0 Å². The van der Waals surface area contributed by atoms with E-state index in [0.29, 0.717) is 45.4 Å². The number of rotatable bonds is 2. The number of likely N-dealkylation sites (tertiary alicyclic amines) is 1. The zero-order valence-electron chi connectivity index (χ0n) is 11.7. The Hall–Kier alpha value is -1.79. The molecule has 7 heteroatoms. The van der Waals surface area contributed by atoms with Gasteiger partial charge in [0.15, 0.2) is 0 Å². The monoisotopic (exact) mass is 283 g/mol. The van der Waals surface area contributed by atoms with E-state index in [1.165, 1.54) is 4.90 Å². The maximum absolute atomic E-state index is 12.3. The number of aliphatic carboxylic acids is 1. The first-order valence-electron chi connectivity index (χ1n) is 7.02. The molecule has 112 valence electrons. The SMILES string of the molecule is CCC1(C(=O)O)CCN(C(=O)N2CCNC(=O)C2)CC1. The zero-order valence-corrected chi connectivity index (χ0v) is 11.7. The fourth-order valence-corrected chi connectivity index (χ4v) is 2.85. The number of carbonyl (C=O) groups is 3. The lowest BCUT2D eigenvalue weighted by molar-refractivity contribution is -0.152. The van der Waals surface area contributed by atoms with Gasteiger partial charge in [-0.2, -0.15) is 0 Å².